The summed E-state index contributed by atoms with van der Waals surface area (Å²) in [5.74, 6) is 0.551. The van der Waals surface area contributed by atoms with Gasteiger partial charge < -0.3 is 4.57 Å². The number of allylic oxidation sites excluding steroid dienone is 4. The molecule has 1 unspecified atom stereocenters. The van der Waals surface area contributed by atoms with Crippen LogP contribution in [0.1, 0.15) is 31.4 Å². The van der Waals surface area contributed by atoms with Crippen LogP contribution in [0.3, 0.4) is 0 Å². The monoisotopic (exact) mass is 625 g/mol. The van der Waals surface area contributed by atoms with E-state index in [0.717, 1.165) is 6.42 Å². The van der Waals surface area contributed by atoms with E-state index in [2.05, 4.69) is 152 Å². The van der Waals surface area contributed by atoms with E-state index < -0.39 is 0 Å². The molecule has 7 aromatic rings. The van der Waals surface area contributed by atoms with Gasteiger partial charge in [0.1, 0.15) is 0 Å². The van der Waals surface area contributed by atoms with Crippen LogP contribution in [0.5, 0.6) is 0 Å². The molecule has 0 fully saturated rings. The van der Waals surface area contributed by atoms with Crippen molar-refractivity contribution in [2.45, 2.75) is 45.3 Å². The van der Waals surface area contributed by atoms with Crippen molar-refractivity contribution >= 4 is 61.7 Å². The van der Waals surface area contributed by atoms with Crippen molar-refractivity contribution in [2.75, 3.05) is 0 Å². The number of fused-ring (bicyclic) bond motifs is 10. The van der Waals surface area contributed by atoms with E-state index in [0.29, 0.717) is 5.92 Å². The van der Waals surface area contributed by atoms with Gasteiger partial charge in [0.25, 0.3) is 0 Å². The highest BCUT2D eigenvalue weighted by Gasteiger charge is 2.42. The molecule has 0 radical (unpaired) electrons. The molecule has 0 N–H and O–H groups in total. The molecule has 6 aromatic carbocycles. The van der Waals surface area contributed by atoms with Crippen molar-refractivity contribution < 1.29 is 0 Å². The molecule has 1 aromatic heterocycles. The van der Waals surface area contributed by atoms with Crippen molar-refractivity contribution in [3.63, 3.8) is 0 Å². The van der Waals surface area contributed by atoms with Gasteiger partial charge in [0, 0.05) is 36.0 Å². The highest BCUT2D eigenvalue weighted by atomic mass is 32.2. The Morgan fingerprint density at radius 1 is 0.674 bits per heavy atom. The lowest BCUT2D eigenvalue weighted by Crippen LogP contribution is -2.23. The second-order valence-corrected chi connectivity index (χ2v) is 15.5. The van der Waals surface area contributed by atoms with Gasteiger partial charge in [0.05, 0.1) is 11.0 Å². The Morgan fingerprint density at radius 3 is 2.33 bits per heavy atom. The Labute approximate surface area is 277 Å². The number of aromatic nitrogens is 1. The van der Waals surface area contributed by atoms with Crippen LogP contribution in [-0.2, 0) is 5.41 Å². The summed E-state index contributed by atoms with van der Waals surface area (Å²) in [6.45, 7) is 4.85. The summed E-state index contributed by atoms with van der Waals surface area (Å²) in [6, 6.07) is 43.4. The van der Waals surface area contributed by atoms with Crippen LogP contribution in [0.25, 0.3) is 55.0 Å². The molecule has 0 saturated heterocycles. The van der Waals surface area contributed by atoms with Crippen molar-refractivity contribution in [2.24, 2.45) is 5.92 Å². The molecule has 0 saturated carbocycles. The lowest BCUT2D eigenvalue weighted by Gasteiger charge is -2.29. The minimum atomic E-state index is 0.112. The zero-order chi connectivity index (χ0) is 30.6. The lowest BCUT2D eigenvalue weighted by atomic mass is 9.74. The Kier molecular flexibility index (Phi) is 5.69. The number of nitrogens with zero attached hydrogens (tertiary/aromatic N) is 1. The summed E-state index contributed by atoms with van der Waals surface area (Å²) < 4.78 is 2.50. The molecule has 46 heavy (non-hydrogen) atoms. The van der Waals surface area contributed by atoms with Crippen LogP contribution in [0.2, 0.25) is 0 Å². The third kappa shape index (κ3) is 3.79. The van der Waals surface area contributed by atoms with Crippen LogP contribution >= 0.6 is 23.5 Å². The molecular weight excluding hydrogens is 595 g/mol. The van der Waals surface area contributed by atoms with Gasteiger partial charge in [-0.15, -0.1) is 0 Å². The Bertz CT molecular complexity index is 2490. The maximum Gasteiger partial charge on any atom is 0.0553 e. The van der Waals surface area contributed by atoms with Crippen molar-refractivity contribution in [3.05, 3.63) is 145 Å². The first-order valence-electron chi connectivity index (χ1n) is 16.1. The molecule has 10 rings (SSSR count). The maximum atomic E-state index is 2.50. The maximum absolute atomic E-state index is 2.50. The molecule has 2 aliphatic carbocycles. The topological polar surface area (TPSA) is 4.93 Å². The fourth-order valence-electron chi connectivity index (χ4n) is 8.16. The van der Waals surface area contributed by atoms with Gasteiger partial charge in [-0.3, -0.25) is 0 Å². The van der Waals surface area contributed by atoms with Gasteiger partial charge >= 0.3 is 0 Å². The highest BCUT2D eigenvalue weighted by molar-refractivity contribution is 8.05. The molecule has 0 bridgehead atoms. The van der Waals surface area contributed by atoms with Gasteiger partial charge in [-0.1, -0.05) is 116 Å². The standard InChI is InChI=1S/C43H31NS2/c1-43(2)34-15-6-5-14-31(34)32-19-18-29(24-35(32)43)26-12-9-13-30(22-26)44-36-20-21-40-42(46-39-17-8-7-16-38(39)45-40)41(36)33-23-27-10-3-4-11-28(27)25-37(33)44/h3-14,16-25,34H,15H2,1-2H3. The zero-order valence-electron chi connectivity index (χ0n) is 25.7. The number of hydrogen-bond acceptors (Lipinski definition) is 2. The van der Waals surface area contributed by atoms with Gasteiger partial charge in [-0.05, 0) is 111 Å². The van der Waals surface area contributed by atoms with Crippen molar-refractivity contribution in [3.8, 4) is 16.8 Å². The summed E-state index contributed by atoms with van der Waals surface area (Å²) >= 11 is 3.81. The second kappa shape index (κ2) is 9.78. The van der Waals surface area contributed by atoms with E-state index in [9.17, 15) is 0 Å². The molecule has 3 heteroatoms. The first-order valence-corrected chi connectivity index (χ1v) is 17.7. The average Bonchev–Trinajstić information content (AvgIpc) is 3.54. The van der Waals surface area contributed by atoms with E-state index in [1.54, 1.807) is 0 Å². The molecule has 0 spiro atoms. The summed E-state index contributed by atoms with van der Waals surface area (Å²) in [6.07, 6.45) is 8.01. The third-order valence-corrected chi connectivity index (χ3v) is 13.1. The number of rotatable bonds is 2. The quantitative estimate of drug-likeness (QED) is 0.188. The van der Waals surface area contributed by atoms with Gasteiger partial charge in [-0.25, -0.2) is 0 Å². The minimum Gasteiger partial charge on any atom is -0.309 e. The third-order valence-electron chi connectivity index (χ3n) is 10.5. The Balaban J connectivity index is 1.19. The smallest absolute Gasteiger partial charge is 0.0553 e. The summed E-state index contributed by atoms with van der Waals surface area (Å²) in [7, 11) is 0. The Morgan fingerprint density at radius 2 is 1.46 bits per heavy atom. The predicted octanol–water partition coefficient (Wildman–Crippen LogP) is 12.5. The molecule has 3 aliphatic rings. The first kappa shape index (κ1) is 26.7. The van der Waals surface area contributed by atoms with Crippen LogP contribution in [0.15, 0.2) is 153 Å². The second-order valence-electron chi connectivity index (χ2n) is 13.4. The van der Waals surface area contributed by atoms with E-state index in [4.69, 9.17) is 0 Å². The number of benzene rings is 6. The van der Waals surface area contributed by atoms with Crippen LogP contribution in [0.4, 0.5) is 0 Å². The normalized spacial score (nSPS) is 17.5. The zero-order valence-corrected chi connectivity index (χ0v) is 27.4. The first-order chi connectivity index (χ1) is 22.5. The summed E-state index contributed by atoms with van der Waals surface area (Å²) in [5, 5.41) is 5.20. The molecule has 0 amide bonds. The van der Waals surface area contributed by atoms with E-state index in [1.165, 1.54) is 85.7 Å². The van der Waals surface area contributed by atoms with Gasteiger partial charge in [0.2, 0.25) is 0 Å². The van der Waals surface area contributed by atoms with Crippen LogP contribution in [-0.4, -0.2) is 4.57 Å². The summed E-state index contributed by atoms with van der Waals surface area (Å²) in [5.41, 5.74) is 10.8. The predicted molar refractivity (Wildman–Crippen MR) is 197 cm³/mol. The average molecular weight is 626 g/mol. The van der Waals surface area contributed by atoms with Crippen LogP contribution in [0, 0.1) is 5.92 Å². The molecule has 1 atom stereocenters. The minimum absolute atomic E-state index is 0.112. The van der Waals surface area contributed by atoms with Crippen molar-refractivity contribution in [1.29, 1.82) is 0 Å². The van der Waals surface area contributed by atoms with Gasteiger partial charge in [-0.2, -0.15) is 0 Å². The summed E-state index contributed by atoms with van der Waals surface area (Å²) in [4.78, 5) is 5.37. The van der Waals surface area contributed by atoms with Crippen LogP contribution < -0.4 is 0 Å². The fourth-order valence-corrected chi connectivity index (χ4v) is 10.6. The molecule has 1 aliphatic heterocycles. The lowest BCUT2D eigenvalue weighted by molar-refractivity contribution is 0.415. The number of hydrogen-bond donors (Lipinski definition) is 0. The Hall–Kier alpha value is -4.44. The van der Waals surface area contributed by atoms with E-state index >= 15 is 0 Å². The molecular formula is C43H31NS2. The van der Waals surface area contributed by atoms with Gasteiger partial charge in [0.15, 0.2) is 0 Å². The molecule has 1 nitrogen and oxygen atoms in total. The van der Waals surface area contributed by atoms with E-state index in [1.807, 2.05) is 23.5 Å². The highest BCUT2D eigenvalue weighted by Crippen LogP contribution is 2.55. The molecule has 2 heterocycles. The SMILES string of the molecule is CC1(C)c2cc(-c3cccc(-n4c5cc6ccccc6cc5c5c6c(ccc54)Sc4ccccc4S6)c3)ccc2C2=CC=CCC21. The molecule has 220 valence electrons. The largest absolute Gasteiger partial charge is 0.309 e. The van der Waals surface area contributed by atoms with E-state index in [-0.39, 0.29) is 5.41 Å². The fraction of sp³-hybridized carbons (Fsp3) is 0.116. The van der Waals surface area contributed by atoms with Crippen molar-refractivity contribution in [1.82, 2.24) is 4.57 Å².